The van der Waals surface area contributed by atoms with Crippen LogP contribution in [0.4, 0.5) is 0 Å². The van der Waals surface area contributed by atoms with Crippen molar-refractivity contribution in [3.05, 3.63) is 0 Å². The predicted molar refractivity (Wildman–Crippen MR) is 66.7 cm³/mol. The van der Waals surface area contributed by atoms with Crippen LogP contribution in [0.25, 0.3) is 0 Å². The lowest BCUT2D eigenvalue weighted by Crippen LogP contribution is -2.56. The predicted octanol–water partition coefficient (Wildman–Crippen LogP) is 1.49. The molecule has 0 aromatic carbocycles. The van der Waals surface area contributed by atoms with Crippen molar-refractivity contribution < 1.29 is 4.74 Å². The SMILES string of the molecule is CCC1CNCCN1C(C)C1CCOCC1. The Morgan fingerprint density at radius 1 is 1.38 bits per heavy atom. The number of rotatable bonds is 3. The summed E-state index contributed by atoms with van der Waals surface area (Å²) in [5, 5.41) is 3.51. The van der Waals surface area contributed by atoms with Crippen LogP contribution >= 0.6 is 0 Å². The largest absolute Gasteiger partial charge is 0.381 e. The Hall–Kier alpha value is -0.120. The third kappa shape index (κ3) is 2.76. The van der Waals surface area contributed by atoms with Gasteiger partial charge in [-0.15, -0.1) is 0 Å². The molecule has 2 atom stereocenters. The first-order valence-electron chi connectivity index (χ1n) is 6.87. The second-order valence-corrected chi connectivity index (χ2v) is 5.19. The van der Waals surface area contributed by atoms with Gasteiger partial charge in [0.2, 0.25) is 0 Å². The molecule has 0 saturated carbocycles. The molecule has 1 N–H and O–H groups in total. The monoisotopic (exact) mass is 226 g/mol. The Bertz CT molecular complexity index is 204. The summed E-state index contributed by atoms with van der Waals surface area (Å²) in [6.07, 6.45) is 3.77. The van der Waals surface area contributed by atoms with Crippen LogP contribution in [0.2, 0.25) is 0 Å². The molecule has 2 saturated heterocycles. The Morgan fingerprint density at radius 3 is 2.81 bits per heavy atom. The highest BCUT2D eigenvalue weighted by Crippen LogP contribution is 2.25. The first kappa shape index (κ1) is 12.3. The molecule has 0 aromatic rings. The maximum absolute atomic E-state index is 5.46. The average Bonchev–Trinajstić information content (AvgIpc) is 2.39. The van der Waals surface area contributed by atoms with Gasteiger partial charge in [-0.2, -0.15) is 0 Å². The van der Waals surface area contributed by atoms with E-state index in [1.807, 2.05) is 0 Å². The molecule has 0 spiro atoms. The van der Waals surface area contributed by atoms with Crippen molar-refractivity contribution in [1.29, 1.82) is 0 Å². The minimum absolute atomic E-state index is 0.732. The Balaban J connectivity index is 1.92. The molecule has 2 aliphatic heterocycles. The van der Waals surface area contributed by atoms with E-state index in [4.69, 9.17) is 4.74 Å². The van der Waals surface area contributed by atoms with E-state index in [0.717, 1.165) is 37.8 Å². The standard InChI is InChI=1S/C13H26N2O/c1-3-13-10-14-6-7-15(13)11(2)12-4-8-16-9-5-12/h11-14H,3-10H2,1-2H3. The van der Waals surface area contributed by atoms with Crippen LogP contribution in [-0.4, -0.2) is 49.8 Å². The van der Waals surface area contributed by atoms with Crippen molar-refractivity contribution in [2.24, 2.45) is 5.92 Å². The topological polar surface area (TPSA) is 24.5 Å². The smallest absolute Gasteiger partial charge is 0.0469 e. The summed E-state index contributed by atoms with van der Waals surface area (Å²) < 4.78 is 5.46. The molecule has 0 amide bonds. The van der Waals surface area contributed by atoms with Gasteiger partial charge in [-0.05, 0) is 32.1 Å². The van der Waals surface area contributed by atoms with Crippen LogP contribution in [0.3, 0.4) is 0 Å². The van der Waals surface area contributed by atoms with E-state index < -0.39 is 0 Å². The van der Waals surface area contributed by atoms with Crippen molar-refractivity contribution in [2.45, 2.75) is 45.2 Å². The molecule has 2 rings (SSSR count). The van der Waals surface area contributed by atoms with E-state index >= 15 is 0 Å². The second-order valence-electron chi connectivity index (χ2n) is 5.19. The molecular formula is C13H26N2O. The van der Waals surface area contributed by atoms with Gasteiger partial charge in [-0.25, -0.2) is 0 Å². The van der Waals surface area contributed by atoms with Gasteiger partial charge < -0.3 is 10.1 Å². The minimum Gasteiger partial charge on any atom is -0.381 e. The van der Waals surface area contributed by atoms with Crippen LogP contribution in [0, 0.1) is 5.92 Å². The summed E-state index contributed by atoms with van der Waals surface area (Å²) in [4.78, 5) is 2.73. The highest BCUT2D eigenvalue weighted by Gasteiger charge is 2.30. The fourth-order valence-electron chi connectivity index (χ4n) is 3.16. The lowest BCUT2D eigenvalue weighted by atomic mass is 9.90. The fraction of sp³-hybridized carbons (Fsp3) is 1.00. The number of nitrogens with zero attached hydrogens (tertiary/aromatic N) is 1. The molecule has 94 valence electrons. The maximum Gasteiger partial charge on any atom is 0.0469 e. The minimum atomic E-state index is 0.732. The number of hydrogen-bond donors (Lipinski definition) is 1. The van der Waals surface area contributed by atoms with Gasteiger partial charge in [0.25, 0.3) is 0 Å². The van der Waals surface area contributed by atoms with Gasteiger partial charge >= 0.3 is 0 Å². The van der Waals surface area contributed by atoms with E-state index in [0.29, 0.717) is 0 Å². The van der Waals surface area contributed by atoms with Gasteiger partial charge in [0.05, 0.1) is 0 Å². The van der Waals surface area contributed by atoms with Gasteiger partial charge in [-0.1, -0.05) is 6.92 Å². The molecule has 0 bridgehead atoms. The van der Waals surface area contributed by atoms with E-state index in [1.165, 1.54) is 32.4 Å². The summed E-state index contributed by atoms with van der Waals surface area (Å²) in [7, 11) is 0. The molecule has 3 heteroatoms. The van der Waals surface area contributed by atoms with E-state index in [-0.39, 0.29) is 0 Å². The molecule has 3 nitrogen and oxygen atoms in total. The fourth-order valence-corrected chi connectivity index (χ4v) is 3.16. The van der Waals surface area contributed by atoms with Crippen molar-refractivity contribution in [1.82, 2.24) is 10.2 Å². The summed E-state index contributed by atoms with van der Waals surface area (Å²) in [6, 6.07) is 1.47. The lowest BCUT2D eigenvalue weighted by Gasteiger charge is -2.43. The number of ether oxygens (including phenoxy) is 1. The highest BCUT2D eigenvalue weighted by molar-refractivity contribution is 4.86. The highest BCUT2D eigenvalue weighted by atomic mass is 16.5. The molecule has 2 unspecified atom stereocenters. The normalized spacial score (nSPS) is 31.5. The summed E-state index contributed by atoms with van der Waals surface area (Å²) >= 11 is 0. The third-order valence-electron chi connectivity index (χ3n) is 4.34. The second kappa shape index (κ2) is 5.99. The molecule has 0 radical (unpaired) electrons. The Kier molecular flexibility index (Phi) is 4.62. The summed E-state index contributed by atoms with van der Waals surface area (Å²) in [5.41, 5.74) is 0. The first-order valence-corrected chi connectivity index (χ1v) is 6.87. The zero-order chi connectivity index (χ0) is 11.4. The van der Waals surface area contributed by atoms with Crippen LogP contribution < -0.4 is 5.32 Å². The molecule has 2 aliphatic rings. The number of nitrogens with one attached hydrogen (secondary N) is 1. The summed E-state index contributed by atoms with van der Waals surface area (Å²) in [5.74, 6) is 0.848. The van der Waals surface area contributed by atoms with Crippen molar-refractivity contribution in [3.8, 4) is 0 Å². The molecule has 2 heterocycles. The van der Waals surface area contributed by atoms with E-state index in [9.17, 15) is 0 Å². The van der Waals surface area contributed by atoms with Gasteiger partial charge in [0, 0.05) is 44.9 Å². The zero-order valence-electron chi connectivity index (χ0n) is 10.7. The van der Waals surface area contributed by atoms with E-state index in [2.05, 4.69) is 24.1 Å². The van der Waals surface area contributed by atoms with E-state index in [1.54, 1.807) is 0 Å². The van der Waals surface area contributed by atoms with Crippen LogP contribution in [0.15, 0.2) is 0 Å². The first-order chi connectivity index (χ1) is 7.83. The molecule has 16 heavy (non-hydrogen) atoms. The van der Waals surface area contributed by atoms with Crippen LogP contribution in [0.1, 0.15) is 33.1 Å². The Labute approximate surface area is 99.5 Å². The van der Waals surface area contributed by atoms with Gasteiger partial charge in [0.15, 0.2) is 0 Å². The molecular weight excluding hydrogens is 200 g/mol. The summed E-state index contributed by atoms with van der Waals surface area (Å²) in [6.45, 7) is 10.2. The molecule has 0 aromatic heterocycles. The van der Waals surface area contributed by atoms with Crippen molar-refractivity contribution in [3.63, 3.8) is 0 Å². The quantitative estimate of drug-likeness (QED) is 0.789. The third-order valence-corrected chi connectivity index (χ3v) is 4.34. The van der Waals surface area contributed by atoms with Crippen molar-refractivity contribution >= 4 is 0 Å². The molecule has 2 fully saturated rings. The van der Waals surface area contributed by atoms with Crippen LogP contribution in [-0.2, 0) is 4.74 Å². The zero-order valence-corrected chi connectivity index (χ0v) is 10.7. The molecule has 0 aliphatic carbocycles. The number of hydrogen-bond acceptors (Lipinski definition) is 3. The van der Waals surface area contributed by atoms with Gasteiger partial charge in [-0.3, -0.25) is 4.90 Å². The Morgan fingerprint density at radius 2 is 2.12 bits per heavy atom. The van der Waals surface area contributed by atoms with Crippen molar-refractivity contribution in [2.75, 3.05) is 32.8 Å². The van der Waals surface area contributed by atoms with Gasteiger partial charge in [0.1, 0.15) is 0 Å². The average molecular weight is 226 g/mol. The maximum atomic E-state index is 5.46. The lowest BCUT2D eigenvalue weighted by molar-refractivity contribution is 0.0106. The number of piperazine rings is 1. The van der Waals surface area contributed by atoms with Crippen LogP contribution in [0.5, 0.6) is 0 Å².